The maximum atomic E-state index is 11.2. The molecule has 1 rings (SSSR count). The topological polar surface area (TPSA) is 64.1 Å². The van der Waals surface area contributed by atoms with Gasteiger partial charge in [0.1, 0.15) is 5.82 Å². The Morgan fingerprint density at radius 1 is 1.41 bits per heavy atom. The van der Waals surface area contributed by atoms with Gasteiger partial charge in [0, 0.05) is 6.04 Å². The number of hydrogen-bond acceptors (Lipinski definition) is 5. The third kappa shape index (κ3) is 4.01. The fourth-order valence-electron chi connectivity index (χ4n) is 1.55. The summed E-state index contributed by atoms with van der Waals surface area (Å²) >= 11 is 0. The second kappa shape index (κ2) is 6.83. The Morgan fingerprint density at radius 3 is 2.65 bits per heavy atom. The van der Waals surface area contributed by atoms with E-state index in [0.29, 0.717) is 11.9 Å². The molecule has 0 saturated carbocycles. The predicted molar refractivity (Wildman–Crippen MR) is 66.0 cm³/mol. The highest BCUT2D eigenvalue weighted by molar-refractivity contribution is 5.86. The van der Waals surface area contributed by atoms with Gasteiger partial charge in [-0.25, -0.2) is 14.8 Å². The first-order valence-electron chi connectivity index (χ1n) is 5.88. The Labute approximate surface area is 102 Å². The molecule has 1 unspecified atom stereocenters. The summed E-state index contributed by atoms with van der Waals surface area (Å²) in [7, 11) is 1.32. The lowest BCUT2D eigenvalue weighted by molar-refractivity contribution is 0.0593. The number of nitrogens with one attached hydrogen (secondary N) is 1. The monoisotopic (exact) mass is 237 g/mol. The second-order valence-corrected chi connectivity index (χ2v) is 3.82. The Kier molecular flexibility index (Phi) is 5.39. The molecule has 1 atom stereocenters. The average Bonchev–Trinajstić information content (AvgIpc) is 2.38. The van der Waals surface area contributed by atoms with E-state index in [1.165, 1.54) is 13.3 Å². The summed E-state index contributed by atoms with van der Waals surface area (Å²) in [6, 6.07) is 0.401. The summed E-state index contributed by atoms with van der Waals surface area (Å²) in [5, 5.41) is 3.29. The maximum absolute atomic E-state index is 11.2. The summed E-state index contributed by atoms with van der Waals surface area (Å²) in [4.78, 5) is 19.3. The van der Waals surface area contributed by atoms with E-state index < -0.39 is 5.97 Å². The number of carbonyl (C=O) groups is 1. The van der Waals surface area contributed by atoms with Crippen molar-refractivity contribution in [1.82, 2.24) is 9.97 Å². The first-order valence-corrected chi connectivity index (χ1v) is 5.88. The van der Waals surface area contributed by atoms with Crippen molar-refractivity contribution >= 4 is 11.8 Å². The van der Waals surface area contributed by atoms with Crippen LogP contribution >= 0.6 is 0 Å². The van der Waals surface area contributed by atoms with Gasteiger partial charge in [-0.1, -0.05) is 20.3 Å². The first-order chi connectivity index (χ1) is 8.21. The van der Waals surface area contributed by atoms with Crippen molar-refractivity contribution < 1.29 is 9.53 Å². The van der Waals surface area contributed by atoms with E-state index >= 15 is 0 Å². The van der Waals surface area contributed by atoms with Crippen LogP contribution in [0.4, 0.5) is 5.82 Å². The van der Waals surface area contributed by atoms with Gasteiger partial charge < -0.3 is 10.1 Å². The van der Waals surface area contributed by atoms with Crippen molar-refractivity contribution in [2.75, 3.05) is 12.4 Å². The molecular weight excluding hydrogens is 218 g/mol. The minimum Gasteiger partial charge on any atom is -0.464 e. The zero-order valence-corrected chi connectivity index (χ0v) is 10.6. The van der Waals surface area contributed by atoms with Crippen LogP contribution in [0.5, 0.6) is 0 Å². The molecule has 1 N–H and O–H groups in total. The van der Waals surface area contributed by atoms with Gasteiger partial charge in [-0.05, 0) is 12.8 Å². The number of nitrogens with zero attached hydrogens (tertiary/aromatic N) is 2. The van der Waals surface area contributed by atoms with Gasteiger partial charge in [-0.2, -0.15) is 0 Å². The highest BCUT2D eigenvalue weighted by Gasteiger charge is 2.09. The van der Waals surface area contributed by atoms with Gasteiger partial charge in [0.2, 0.25) is 0 Å². The molecule has 0 saturated heterocycles. The fourth-order valence-corrected chi connectivity index (χ4v) is 1.55. The summed E-state index contributed by atoms with van der Waals surface area (Å²) in [6.07, 6.45) is 6.24. The lowest BCUT2D eigenvalue weighted by Gasteiger charge is -2.16. The summed E-state index contributed by atoms with van der Waals surface area (Å²) < 4.78 is 4.56. The van der Waals surface area contributed by atoms with Gasteiger partial charge in [0.05, 0.1) is 19.5 Å². The van der Waals surface area contributed by atoms with E-state index in [9.17, 15) is 4.79 Å². The van der Waals surface area contributed by atoms with Crippen LogP contribution < -0.4 is 5.32 Å². The van der Waals surface area contributed by atoms with Crippen LogP contribution in [0.3, 0.4) is 0 Å². The van der Waals surface area contributed by atoms with Gasteiger partial charge in [0.25, 0.3) is 0 Å². The van der Waals surface area contributed by atoms with Crippen molar-refractivity contribution in [3.05, 3.63) is 18.1 Å². The molecule has 0 aliphatic heterocycles. The lowest BCUT2D eigenvalue weighted by atomic mass is 10.1. The molecule has 0 radical (unpaired) electrons. The minimum absolute atomic E-state index is 0.224. The number of methoxy groups -OCH3 is 1. The molecule has 17 heavy (non-hydrogen) atoms. The molecular formula is C12H19N3O2. The van der Waals surface area contributed by atoms with Crippen LogP contribution in [0.15, 0.2) is 12.4 Å². The quantitative estimate of drug-likeness (QED) is 0.769. The summed E-state index contributed by atoms with van der Waals surface area (Å²) in [6.45, 7) is 4.28. The number of hydrogen-bond donors (Lipinski definition) is 1. The molecule has 1 heterocycles. The lowest BCUT2D eigenvalue weighted by Crippen LogP contribution is -2.19. The number of ether oxygens (including phenoxy) is 1. The highest BCUT2D eigenvalue weighted by Crippen LogP contribution is 2.09. The molecule has 0 aromatic carbocycles. The van der Waals surface area contributed by atoms with Crippen molar-refractivity contribution in [3.63, 3.8) is 0 Å². The van der Waals surface area contributed by atoms with Crippen LogP contribution in [0.1, 0.15) is 43.6 Å². The third-order valence-corrected chi connectivity index (χ3v) is 2.53. The molecule has 0 bridgehead atoms. The van der Waals surface area contributed by atoms with E-state index in [1.54, 1.807) is 6.20 Å². The van der Waals surface area contributed by atoms with E-state index in [0.717, 1.165) is 19.3 Å². The van der Waals surface area contributed by atoms with Gasteiger partial charge >= 0.3 is 5.97 Å². The Hall–Kier alpha value is -1.65. The Morgan fingerprint density at radius 2 is 2.18 bits per heavy atom. The Bertz CT molecular complexity index is 351. The first kappa shape index (κ1) is 13.4. The zero-order chi connectivity index (χ0) is 12.7. The maximum Gasteiger partial charge on any atom is 0.358 e. The molecule has 0 fully saturated rings. The fraction of sp³-hybridized carbons (Fsp3) is 0.583. The van der Waals surface area contributed by atoms with E-state index in [-0.39, 0.29) is 5.69 Å². The van der Waals surface area contributed by atoms with Crippen molar-refractivity contribution in [2.45, 2.75) is 39.2 Å². The van der Waals surface area contributed by atoms with Crippen LogP contribution in [0.25, 0.3) is 0 Å². The second-order valence-electron chi connectivity index (χ2n) is 3.82. The number of rotatable bonds is 6. The molecule has 0 amide bonds. The van der Waals surface area contributed by atoms with Crippen LogP contribution in [-0.4, -0.2) is 29.1 Å². The smallest absolute Gasteiger partial charge is 0.358 e. The van der Waals surface area contributed by atoms with Crippen molar-refractivity contribution in [3.8, 4) is 0 Å². The molecule has 94 valence electrons. The zero-order valence-electron chi connectivity index (χ0n) is 10.6. The molecule has 5 nitrogen and oxygen atoms in total. The molecule has 0 aliphatic rings. The number of carbonyl (C=O) groups excluding carboxylic acids is 1. The molecule has 0 aliphatic carbocycles. The van der Waals surface area contributed by atoms with E-state index in [4.69, 9.17) is 0 Å². The van der Waals surface area contributed by atoms with Crippen LogP contribution in [0, 0.1) is 0 Å². The summed E-state index contributed by atoms with van der Waals surface area (Å²) in [5.74, 6) is 0.225. The van der Waals surface area contributed by atoms with Gasteiger partial charge in [-0.3, -0.25) is 0 Å². The SMILES string of the molecule is CCCC(CC)Nc1cnc(C(=O)OC)cn1. The standard InChI is InChI=1S/C12H19N3O2/c1-4-6-9(5-2)15-11-8-13-10(7-14-11)12(16)17-3/h7-9H,4-6H2,1-3H3,(H,14,15). The van der Waals surface area contributed by atoms with Gasteiger partial charge in [0.15, 0.2) is 5.69 Å². The Balaban J connectivity index is 2.64. The van der Waals surface area contributed by atoms with Gasteiger partial charge in [-0.15, -0.1) is 0 Å². The van der Waals surface area contributed by atoms with E-state index in [2.05, 4.69) is 33.9 Å². The molecule has 0 spiro atoms. The van der Waals surface area contributed by atoms with Crippen molar-refractivity contribution in [1.29, 1.82) is 0 Å². The largest absolute Gasteiger partial charge is 0.464 e. The number of esters is 1. The number of aromatic nitrogens is 2. The van der Waals surface area contributed by atoms with Crippen LogP contribution in [0.2, 0.25) is 0 Å². The minimum atomic E-state index is -0.468. The normalized spacial score (nSPS) is 11.9. The van der Waals surface area contributed by atoms with Crippen molar-refractivity contribution in [2.24, 2.45) is 0 Å². The summed E-state index contributed by atoms with van der Waals surface area (Å²) in [5.41, 5.74) is 0.224. The van der Waals surface area contributed by atoms with E-state index in [1.807, 2.05) is 0 Å². The van der Waals surface area contributed by atoms with Crippen LogP contribution in [-0.2, 0) is 4.74 Å². The number of anilines is 1. The third-order valence-electron chi connectivity index (χ3n) is 2.53. The molecule has 1 aromatic rings. The molecule has 5 heteroatoms. The predicted octanol–water partition coefficient (Wildman–Crippen LogP) is 2.25. The molecule has 1 aromatic heterocycles. The average molecular weight is 237 g/mol. The highest BCUT2D eigenvalue weighted by atomic mass is 16.5.